The van der Waals surface area contributed by atoms with Crippen LogP contribution in [0.1, 0.15) is 26.3 Å². The summed E-state index contributed by atoms with van der Waals surface area (Å²) in [5.74, 6) is -2.45. The summed E-state index contributed by atoms with van der Waals surface area (Å²) >= 11 is 0. The van der Waals surface area contributed by atoms with Gasteiger partial charge in [0.15, 0.2) is 24.6 Å². The van der Waals surface area contributed by atoms with Crippen LogP contribution < -0.4 is 0 Å². The molecule has 0 spiro atoms. The van der Waals surface area contributed by atoms with E-state index in [1.807, 2.05) is 0 Å². The van der Waals surface area contributed by atoms with Crippen LogP contribution in [-0.2, 0) is 47.6 Å². The number of carbonyl (C=O) groups is 3. The summed E-state index contributed by atoms with van der Waals surface area (Å²) in [5, 5.41) is 10.3. The number of hydrogen-bond acceptors (Lipinski definition) is 11. The SMILES string of the molecule is CC(=O)O[C@H]1[C@@H](OC(C)=O)[C@@H](O)O[C@H](COS(=O)(=O)c2ccc(C)cc2)[C@@H]1OC(C)=O. The Labute approximate surface area is 179 Å². The molecule has 5 atom stereocenters. The highest BCUT2D eigenvalue weighted by Crippen LogP contribution is 2.29. The Kier molecular flexibility index (Phi) is 8.12. The van der Waals surface area contributed by atoms with Crippen molar-refractivity contribution in [1.29, 1.82) is 0 Å². The van der Waals surface area contributed by atoms with Crippen molar-refractivity contribution >= 4 is 28.0 Å². The van der Waals surface area contributed by atoms with E-state index in [0.717, 1.165) is 26.3 Å². The summed E-state index contributed by atoms with van der Waals surface area (Å²) in [6, 6.07) is 5.87. The maximum atomic E-state index is 12.5. The monoisotopic (exact) mass is 460 g/mol. The van der Waals surface area contributed by atoms with Crippen LogP contribution in [0.4, 0.5) is 0 Å². The van der Waals surface area contributed by atoms with Gasteiger partial charge in [-0.3, -0.25) is 18.6 Å². The van der Waals surface area contributed by atoms with E-state index in [4.69, 9.17) is 23.1 Å². The Morgan fingerprint density at radius 2 is 1.39 bits per heavy atom. The van der Waals surface area contributed by atoms with Crippen molar-refractivity contribution in [3.63, 3.8) is 0 Å². The molecular formula is C19H24O11S. The van der Waals surface area contributed by atoms with Crippen LogP contribution in [-0.4, -0.2) is 68.7 Å². The van der Waals surface area contributed by atoms with Crippen molar-refractivity contribution in [2.75, 3.05) is 6.61 Å². The molecule has 0 saturated carbocycles. The molecule has 0 unspecified atom stereocenters. The zero-order chi connectivity index (χ0) is 23.3. The highest BCUT2D eigenvalue weighted by atomic mass is 32.2. The highest BCUT2D eigenvalue weighted by Gasteiger charge is 2.51. The molecule has 0 bridgehead atoms. The van der Waals surface area contributed by atoms with Crippen molar-refractivity contribution in [3.05, 3.63) is 29.8 Å². The minimum Gasteiger partial charge on any atom is -0.456 e. The fraction of sp³-hybridized carbons (Fsp3) is 0.526. The minimum atomic E-state index is -4.21. The lowest BCUT2D eigenvalue weighted by molar-refractivity contribution is -0.294. The van der Waals surface area contributed by atoms with Gasteiger partial charge in [-0.2, -0.15) is 8.42 Å². The first-order chi connectivity index (χ1) is 14.4. The molecule has 0 aromatic heterocycles. The minimum absolute atomic E-state index is 0.118. The van der Waals surface area contributed by atoms with Gasteiger partial charge in [0.05, 0.1) is 11.5 Å². The average Bonchev–Trinajstić information content (AvgIpc) is 2.65. The molecule has 1 aromatic carbocycles. The zero-order valence-electron chi connectivity index (χ0n) is 17.3. The van der Waals surface area contributed by atoms with Gasteiger partial charge in [0.25, 0.3) is 10.1 Å². The second-order valence-corrected chi connectivity index (χ2v) is 8.45. The van der Waals surface area contributed by atoms with Crippen molar-refractivity contribution in [2.45, 2.75) is 63.3 Å². The number of hydrogen-bond donors (Lipinski definition) is 1. The van der Waals surface area contributed by atoms with E-state index in [2.05, 4.69) is 0 Å². The number of benzene rings is 1. The number of rotatable bonds is 7. The third-order valence-electron chi connectivity index (χ3n) is 4.21. The fourth-order valence-corrected chi connectivity index (χ4v) is 3.85. The standard InChI is InChI=1S/C19H24O11S/c1-10-5-7-14(8-6-10)31(24,25)26-9-15-16(27-11(2)20)17(28-12(3)21)18(19(23)30-15)29-13(4)22/h5-8,15-19,23H,9H2,1-4H3/t15-,16+,17-,18-,19+/m1/s1. The van der Waals surface area contributed by atoms with E-state index in [0.29, 0.717) is 0 Å². The van der Waals surface area contributed by atoms with E-state index < -0.39 is 65.3 Å². The molecular weight excluding hydrogens is 436 g/mol. The number of ether oxygens (including phenoxy) is 4. The second kappa shape index (κ2) is 10.2. The fourth-order valence-electron chi connectivity index (χ4n) is 2.94. The summed E-state index contributed by atoms with van der Waals surface area (Å²) < 4.78 is 50.5. The van der Waals surface area contributed by atoms with E-state index in [1.54, 1.807) is 19.1 Å². The van der Waals surface area contributed by atoms with E-state index in [9.17, 15) is 27.9 Å². The van der Waals surface area contributed by atoms with Gasteiger partial charge in [-0.1, -0.05) is 17.7 Å². The molecule has 1 aromatic rings. The first-order valence-corrected chi connectivity index (χ1v) is 10.6. The molecule has 1 fully saturated rings. The van der Waals surface area contributed by atoms with E-state index >= 15 is 0 Å². The normalized spacial score (nSPS) is 26.0. The number of aryl methyl sites for hydroxylation is 1. The van der Waals surface area contributed by atoms with Crippen LogP contribution in [0.25, 0.3) is 0 Å². The Morgan fingerprint density at radius 3 is 1.90 bits per heavy atom. The van der Waals surface area contributed by atoms with Crippen LogP contribution in [0.3, 0.4) is 0 Å². The number of aliphatic hydroxyl groups is 1. The third-order valence-corrected chi connectivity index (χ3v) is 5.51. The zero-order valence-corrected chi connectivity index (χ0v) is 18.2. The Balaban J connectivity index is 2.29. The number of aliphatic hydroxyl groups excluding tert-OH is 1. The van der Waals surface area contributed by atoms with Gasteiger partial charge in [0.2, 0.25) is 0 Å². The number of carbonyl (C=O) groups excluding carboxylic acids is 3. The van der Waals surface area contributed by atoms with Crippen molar-refractivity contribution in [1.82, 2.24) is 0 Å². The van der Waals surface area contributed by atoms with Crippen LogP contribution in [0.15, 0.2) is 29.2 Å². The maximum absolute atomic E-state index is 12.5. The van der Waals surface area contributed by atoms with Crippen LogP contribution in [0.5, 0.6) is 0 Å². The van der Waals surface area contributed by atoms with Crippen molar-refractivity contribution in [3.8, 4) is 0 Å². The summed E-state index contributed by atoms with van der Waals surface area (Å²) in [6.45, 7) is 4.28. The first kappa shape index (κ1) is 24.7. The molecule has 12 heteroatoms. The van der Waals surface area contributed by atoms with Crippen LogP contribution in [0, 0.1) is 6.92 Å². The predicted molar refractivity (Wildman–Crippen MR) is 102 cm³/mol. The summed E-state index contributed by atoms with van der Waals surface area (Å²) in [5.41, 5.74) is 0.841. The molecule has 172 valence electrons. The lowest BCUT2D eigenvalue weighted by atomic mass is 9.98. The summed E-state index contributed by atoms with van der Waals surface area (Å²) in [4.78, 5) is 34.4. The smallest absolute Gasteiger partial charge is 0.303 e. The lowest BCUT2D eigenvalue weighted by Crippen LogP contribution is -2.62. The van der Waals surface area contributed by atoms with Gasteiger partial charge in [0, 0.05) is 20.8 Å². The maximum Gasteiger partial charge on any atom is 0.303 e. The summed E-state index contributed by atoms with van der Waals surface area (Å²) in [6.07, 6.45) is -7.59. The Morgan fingerprint density at radius 1 is 0.903 bits per heavy atom. The van der Waals surface area contributed by atoms with Gasteiger partial charge in [0.1, 0.15) is 6.10 Å². The molecule has 1 heterocycles. The largest absolute Gasteiger partial charge is 0.456 e. The van der Waals surface area contributed by atoms with E-state index in [-0.39, 0.29) is 4.90 Å². The molecule has 1 N–H and O–H groups in total. The molecule has 1 saturated heterocycles. The highest BCUT2D eigenvalue weighted by molar-refractivity contribution is 7.86. The molecule has 0 aliphatic carbocycles. The molecule has 31 heavy (non-hydrogen) atoms. The van der Waals surface area contributed by atoms with Gasteiger partial charge in [-0.15, -0.1) is 0 Å². The van der Waals surface area contributed by atoms with Crippen LogP contribution >= 0.6 is 0 Å². The molecule has 0 amide bonds. The van der Waals surface area contributed by atoms with Crippen molar-refractivity contribution < 1.29 is 51.0 Å². The van der Waals surface area contributed by atoms with Gasteiger partial charge < -0.3 is 24.1 Å². The van der Waals surface area contributed by atoms with Crippen LogP contribution in [0.2, 0.25) is 0 Å². The Bertz CT molecular complexity index is 909. The second-order valence-electron chi connectivity index (χ2n) is 6.84. The quantitative estimate of drug-likeness (QED) is 0.338. The molecule has 2 rings (SSSR count). The van der Waals surface area contributed by atoms with Gasteiger partial charge in [-0.05, 0) is 19.1 Å². The molecule has 1 aliphatic heterocycles. The Hall–Kier alpha value is -2.54. The van der Waals surface area contributed by atoms with E-state index in [1.165, 1.54) is 12.1 Å². The predicted octanol–water partition coefficient (Wildman–Crippen LogP) is 0.213. The van der Waals surface area contributed by atoms with Crippen molar-refractivity contribution in [2.24, 2.45) is 0 Å². The lowest BCUT2D eigenvalue weighted by Gasteiger charge is -2.42. The molecule has 1 aliphatic rings. The molecule has 0 radical (unpaired) electrons. The van der Waals surface area contributed by atoms with Gasteiger partial charge >= 0.3 is 17.9 Å². The molecule has 11 nitrogen and oxygen atoms in total. The van der Waals surface area contributed by atoms with Gasteiger partial charge in [-0.25, -0.2) is 0 Å². The first-order valence-electron chi connectivity index (χ1n) is 9.22. The third kappa shape index (κ3) is 6.72. The number of esters is 3. The average molecular weight is 460 g/mol. The summed E-state index contributed by atoms with van der Waals surface area (Å²) in [7, 11) is -4.21. The topological polar surface area (TPSA) is 152 Å².